The molecule has 2 rings (SSSR count). The van der Waals surface area contributed by atoms with Crippen molar-refractivity contribution in [3.63, 3.8) is 0 Å². The van der Waals surface area contributed by atoms with Gasteiger partial charge in [0.2, 0.25) is 0 Å². The number of nitrogens with zero attached hydrogens (tertiary/aromatic N) is 1. The Balaban J connectivity index is 2.37. The van der Waals surface area contributed by atoms with E-state index in [1.807, 2.05) is 20.0 Å². The van der Waals surface area contributed by atoms with Crippen molar-refractivity contribution in [2.75, 3.05) is 13.6 Å². The monoisotopic (exact) mass is 222 g/mol. The third kappa shape index (κ3) is 2.11. The van der Waals surface area contributed by atoms with Gasteiger partial charge in [-0.15, -0.1) is 0 Å². The van der Waals surface area contributed by atoms with Gasteiger partial charge in [-0.3, -0.25) is 4.90 Å². The minimum Gasteiger partial charge on any atom is -0.326 e. The van der Waals surface area contributed by atoms with Crippen LogP contribution in [0.2, 0.25) is 0 Å². The lowest BCUT2D eigenvalue weighted by Crippen LogP contribution is -2.44. The molecule has 1 aliphatic heterocycles. The Hall–Kier alpha value is -0.930. The zero-order valence-electron chi connectivity index (χ0n) is 9.91. The number of likely N-dealkylation sites (N-methyl/N-ethyl adjacent to an activating group) is 1. The van der Waals surface area contributed by atoms with Gasteiger partial charge in [0.25, 0.3) is 0 Å². The number of piperidine rings is 1. The van der Waals surface area contributed by atoms with E-state index >= 15 is 0 Å². The zero-order chi connectivity index (χ0) is 11.7. The average molecular weight is 222 g/mol. The molecule has 1 aromatic carbocycles. The van der Waals surface area contributed by atoms with E-state index in [4.69, 9.17) is 5.73 Å². The van der Waals surface area contributed by atoms with Crippen LogP contribution in [0.4, 0.5) is 4.39 Å². The summed E-state index contributed by atoms with van der Waals surface area (Å²) in [7, 11) is 2.02. The Kier molecular flexibility index (Phi) is 3.26. The van der Waals surface area contributed by atoms with Crippen LogP contribution in [0.25, 0.3) is 0 Å². The lowest BCUT2D eigenvalue weighted by molar-refractivity contribution is 0.159. The molecule has 1 aliphatic rings. The fraction of sp³-hybridized carbons (Fsp3) is 0.538. The summed E-state index contributed by atoms with van der Waals surface area (Å²) < 4.78 is 13.8. The molecule has 1 aromatic rings. The van der Waals surface area contributed by atoms with Crippen molar-refractivity contribution >= 4 is 0 Å². The number of benzene rings is 1. The van der Waals surface area contributed by atoms with E-state index < -0.39 is 0 Å². The summed E-state index contributed by atoms with van der Waals surface area (Å²) in [6, 6.07) is 5.32. The molecule has 1 heterocycles. The van der Waals surface area contributed by atoms with Gasteiger partial charge in [-0.25, -0.2) is 4.39 Å². The molecule has 16 heavy (non-hydrogen) atoms. The van der Waals surface area contributed by atoms with Crippen molar-refractivity contribution in [1.82, 2.24) is 4.90 Å². The van der Waals surface area contributed by atoms with Gasteiger partial charge in [0, 0.05) is 11.6 Å². The second-order valence-corrected chi connectivity index (χ2v) is 4.76. The lowest BCUT2D eigenvalue weighted by atomic mass is 9.90. The fourth-order valence-corrected chi connectivity index (χ4v) is 2.56. The molecule has 2 unspecified atom stereocenters. The molecule has 0 radical (unpaired) electrons. The molecule has 3 heteroatoms. The molecule has 1 fully saturated rings. The summed E-state index contributed by atoms with van der Waals surface area (Å²) in [6.07, 6.45) is 2.07. The number of hydrogen-bond donors (Lipinski definition) is 1. The van der Waals surface area contributed by atoms with Gasteiger partial charge in [0.1, 0.15) is 5.82 Å². The summed E-state index contributed by atoms with van der Waals surface area (Å²) in [5.74, 6) is -0.139. The highest BCUT2D eigenvalue weighted by molar-refractivity contribution is 5.28. The molecule has 1 saturated heterocycles. The largest absolute Gasteiger partial charge is 0.326 e. The van der Waals surface area contributed by atoms with Gasteiger partial charge < -0.3 is 5.73 Å². The van der Waals surface area contributed by atoms with Crippen molar-refractivity contribution in [1.29, 1.82) is 0 Å². The molecule has 2 atom stereocenters. The minimum absolute atomic E-state index is 0.0219. The molecule has 0 amide bonds. The van der Waals surface area contributed by atoms with Gasteiger partial charge >= 0.3 is 0 Å². The van der Waals surface area contributed by atoms with Crippen LogP contribution in [0.5, 0.6) is 0 Å². The van der Waals surface area contributed by atoms with Gasteiger partial charge in [-0.2, -0.15) is 0 Å². The maximum absolute atomic E-state index is 13.8. The Morgan fingerprint density at radius 1 is 1.44 bits per heavy atom. The van der Waals surface area contributed by atoms with Gasteiger partial charge in [-0.1, -0.05) is 17.7 Å². The number of rotatable bonds is 1. The van der Waals surface area contributed by atoms with E-state index in [1.54, 1.807) is 12.1 Å². The molecule has 0 aliphatic carbocycles. The molecular weight excluding hydrogens is 203 g/mol. The smallest absolute Gasteiger partial charge is 0.128 e. The first-order valence-electron chi connectivity index (χ1n) is 5.81. The van der Waals surface area contributed by atoms with Crippen LogP contribution in [0.15, 0.2) is 18.2 Å². The predicted octanol–water partition coefficient (Wildman–Crippen LogP) is 2.23. The first kappa shape index (κ1) is 11.6. The van der Waals surface area contributed by atoms with E-state index in [-0.39, 0.29) is 17.9 Å². The highest BCUT2D eigenvalue weighted by atomic mass is 19.1. The van der Waals surface area contributed by atoms with Gasteiger partial charge in [0.05, 0.1) is 6.04 Å². The maximum atomic E-state index is 13.8. The van der Waals surface area contributed by atoms with Gasteiger partial charge in [-0.05, 0) is 39.4 Å². The number of aryl methyl sites for hydroxylation is 1. The summed E-state index contributed by atoms with van der Waals surface area (Å²) in [5.41, 5.74) is 7.94. The van der Waals surface area contributed by atoms with E-state index in [1.165, 1.54) is 0 Å². The summed E-state index contributed by atoms with van der Waals surface area (Å²) >= 11 is 0. The summed E-state index contributed by atoms with van der Waals surface area (Å²) in [6.45, 7) is 2.98. The second-order valence-electron chi connectivity index (χ2n) is 4.76. The van der Waals surface area contributed by atoms with E-state index in [0.29, 0.717) is 0 Å². The fourth-order valence-electron chi connectivity index (χ4n) is 2.56. The maximum Gasteiger partial charge on any atom is 0.128 e. The number of halogens is 1. The average Bonchev–Trinajstić information content (AvgIpc) is 2.23. The van der Waals surface area contributed by atoms with Crippen molar-refractivity contribution < 1.29 is 4.39 Å². The topological polar surface area (TPSA) is 29.3 Å². The van der Waals surface area contributed by atoms with Crippen molar-refractivity contribution in [3.05, 3.63) is 35.1 Å². The molecule has 2 N–H and O–H groups in total. The molecule has 0 saturated carbocycles. The van der Waals surface area contributed by atoms with Crippen LogP contribution >= 0.6 is 0 Å². The van der Waals surface area contributed by atoms with Crippen molar-refractivity contribution in [2.24, 2.45) is 5.73 Å². The SMILES string of the molecule is Cc1ccc(F)c(C2C(N)CCCN2C)c1. The minimum atomic E-state index is -0.139. The van der Waals surface area contributed by atoms with Crippen molar-refractivity contribution in [3.8, 4) is 0 Å². The number of hydrogen-bond acceptors (Lipinski definition) is 2. The second kappa shape index (κ2) is 4.52. The molecule has 0 bridgehead atoms. The predicted molar refractivity (Wildman–Crippen MR) is 63.7 cm³/mol. The Morgan fingerprint density at radius 3 is 2.88 bits per heavy atom. The van der Waals surface area contributed by atoms with E-state index in [0.717, 1.165) is 30.5 Å². The third-order valence-electron chi connectivity index (χ3n) is 3.40. The highest BCUT2D eigenvalue weighted by Gasteiger charge is 2.29. The first-order chi connectivity index (χ1) is 7.59. The van der Waals surface area contributed by atoms with Crippen LogP contribution in [0.1, 0.15) is 30.0 Å². The van der Waals surface area contributed by atoms with E-state index in [9.17, 15) is 4.39 Å². The van der Waals surface area contributed by atoms with E-state index in [2.05, 4.69) is 4.90 Å². The number of nitrogens with two attached hydrogens (primary N) is 1. The molecule has 2 nitrogen and oxygen atoms in total. The molecular formula is C13H19FN2. The molecule has 0 spiro atoms. The van der Waals surface area contributed by atoms with Crippen LogP contribution in [0.3, 0.4) is 0 Å². The Bertz CT molecular complexity index is 368. The summed E-state index contributed by atoms with van der Waals surface area (Å²) in [5, 5.41) is 0. The van der Waals surface area contributed by atoms with Crippen LogP contribution in [-0.2, 0) is 0 Å². The zero-order valence-corrected chi connectivity index (χ0v) is 9.91. The Labute approximate surface area is 96.2 Å². The summed E-state index contributed by atoms with van der Waals surface area (Å²) in [4.78, 5) is 2.16. The number of likely N-dealkylation sites (tertiary alicyclic amines) is 1. The first-order valence-corrected chi connectivity index (χ1v) is 5.81. The Morgan fingerprint density at radius 2 is 2.19 bits per heavy atom. The standard InChI is InChI=1S/C13H19FN2/c1-9-5-6-11(14)10(8-9)13-12(15)4-3-7-16(13)2/h5-6,8,12-13H,3-4,7,15H2,1-2H3. The van der Waals surface area contributed by atoms with Crippen molar-refractivity contribution in [2.45, 2.75) is 31.8 Å². The van der Waals surface area contributed by atoms with Crippen LogP contribution < -0.4 is 5.73 Å². The van der Waals surface area contributed by atoms with Crippen LogP contribution in [-0.4, -0.2) is 24.5 Å². The molecule has 88 valence electrons. The normalized spacial score (nSPS) is 27.0. The highest BCUT2D eigenvalue weighted by Crippen LogP contribution is 2.30. The van der Waals surface area contributed by atoms with Crippen LogP contribution in [0, 0.1) is 12.7 Å². The third-order valence-corrected chi connectivity index (χ3v) is 3.40. The van der Waals surface area contributed by atoms with Gasteiger partial charge in [0.15, 0.2) is 0 Å². The lowest BCUT2D eigenvalue weighted by Gasteiger charge is -2.37. The quantitative estimate of drug-likeness (QED) is 0.789. The molecule has 0 aromatic heterocycles.